The fourth-order valence-electron chi connectivity index (χ4n) is 3.07. The molecule has 1 heterocycles. The zero-order valence-corrected chi connectivity index (χ0v) is 15.7. The summed E-state index contributed by atoms with van der Waals surface area (Å²) in [4.78, 5) is 24.8. The number of fused-ring (bicyclic) bond motifs is 1. The monoisotopic (exact) mass is 368 g/mol. The molecule has 1 aliphatic rings. The molecular formula is C21H24N2O4. The van der Waals surface area contributed by atoms with E-state index in [4.69, 9.17) is 9.47 Å². The van der Waals surface area contributed by atoms with Crippen molar-refractivity contribution in [3.05, 3.63) is 53.6 Å². The summed E-state index contributed by atoms with van der Waals surface area (Å²) in [7, 11) is 1.53. The molecule has 1 atom stereocenters. The first-order valence-electron chi connectivity index (χ1n) is 8.98. The molecule has 27 heavy (non-hydrogen) atoms. The van der Waals surface area contributed by atoms with E-state index in [0.717, 1.165) is 11.3 Å². The Kier molecular flexibility index (Phi) is 5.64. The average molecular weight is 368 g/mol. The second-order valence-electron chi connectivity index (χ2n) is 6.85. The number of methoxy groups -OCH3 is 1. The van der Waals surface area contributed by atoms with Crippen LogP contribution >= 0.6 is 0 Å². The molecule has 0 fully saturated rings. The molecule has 0 bridgehead atoms. The molecule has 0 saturated carbocycles. The highest BCUT2D eigenvalue weighted by Gasteiger charge is 2.26. The van der Waals surface area contributed by atoms with Crippen molar-refractivity contribution in [3.8, 4) is 11.5 Å². The lowest BCUT2D eigenvalue weighted by molar-refractivity contribution is -0.126. The van der Waals surface area contributed by atoms with E-state index < -0.39 is 0 Å². The maximum Gasteiger partial charge on any atom is 0.259 e. The largest absolute Gasteiger partial charge is 0.496 e. The van der Waals surface area contributed by atoms with E-state index in [1.807, 2.05) is 32.0 Å². The molecule has 0 aromatic heterocycles. The van der Waals surface area contributed by atoms with Crippen LogP contribution in [0.25, 0.3) is 0 Å². The highest BCUT2D eigenvalue weighted by Crippen LogP contribution is 2.30. The number of hydrogen-bond donors (Lipinski definition) is 2. The normalized spacial score (nSPS) is 15.5. The Hall–Kier alpha value is -3.02. The molecule has 0 aliphatic carbocycles. The van der Waals surface area contributed by atoms with Crippen LogP contribution in [0.15, 0.2) is 42.5 Å². The van der Waals surface area contributed by atoms with Gasteiger partial charge in [-0.3, -0.25) is 9.59 Å². The number of hydrogen-bond acceptors (Lipinski definition) is 4. The van der Waals surface area contributed by atoms with Gasteiger partial charge in [0.1, 0.15) is 18.1 Å². The molecule has 1 aliphatic heterocycles. The van der Waals surface area contributed by atoms with Gasteiger partial charge in [0.25, 0.3) is 5.91 Å². The highest BCUT2D eigenvalue weighted by molar-refractivity contribution is 6.06. The number of anilines is 1. The Balaban J connectivity index is 1.74. The van der Waals surface area contributed by atoms with Crippen LogP contribution in [0.5, 0.6) is 11.5 Å². The molecule has 2 aromatic rings. The van der Waals surface area contributed by atoms with Gasteiger partial charge < -0.3 is 20.1 Å². The summed E-state index contributed by atoms with van der Waals surface area (Å²) in [5, 5.41) is 5.81. The lowest BCUT2D eigenvalue weighted by Gasteiger charge is -2.26. The van der Waals surface area contributed by atoms with Crippen LogP contribution in [0.4, 0.5) is 5.69 Å². The Labute approximate surface area is 158 Å². The molecule has 2 aromatic carbocycles. The first-order chi connectivity index (χ1) is 13.0. The molecule has 0 spiro atoms. The summed E-state index contributed by atoms with van der Waals surface area (Å²) in [5.74, 6) is 0.762. The lowest BCUT2D eigenvalue weighted by atomic mass is 9.95. The number of benzene rings is 2. The van der Waals surface area contributed by atoms with Gasteiger partial charge in [-0.1, -0.05) is 12.1 Å². The Morgan fingerprint density at radius 2 is 1.96 bits per heavy atom. The summed E-state index contributed by atoms with van der Waals surface area (Å²) >= 11 is 0. The van der Waals surface area contributed by atoms with E-state index in [0.29, 0.717) is 30.0 Å². The SMILES string of the molecule is COc1ccccc1C(=O)Nc1ccc2c(c1)C[C@@H](C(=O)NC(C)C)CO2. The first kappa shape index (κ1) is 18.8. The number of nitrogens with one attached hydrogen (secondary N) is 2. The summed E-state index contributed by atoms with van der Waals surface area (Å²) < 4.78 is 11.0. The van der Waals surface area contributed by atoms with Crippen LogP contribution in [0.1, 0.15) is 29.8 Å². The lowest BCUT2D eigenvalue weighted by Crippen LogP contribution is -2.40. The number of ether oxygens (including phenoxy) is 2. The predicted octanol–water partition coefficient (Wildman–Crippen LogP) is 3.02. The van der Waals surface area contributed by atoms with E-state index in [9.17, 15) is 9.59 Å². The predicted molar refractivity (Wildman–Crippen MR) is 103 cm³/mol. The number of carbonyl (C=O) groups excluding carboxylic acids is 2. The topological polar surface area (TPSA) is 76.7 Å². The minimum Gasteiger partial charge on any atom is -0.496 e. The molecule has 0 saturated heterocycles. The summed E-state index contributed by atoms with van der Waals surface area (Å²) in [5.41, 5.74) is 2.02. The van der Waals surface area contributed by atoms with E-state index in [2.05, 4.69) is 10.6 Å². The minimum absolute atomic E-state index is 0.0147. The molecule has 3 rings (SSSR count). The van der Waals surface area contributed by atoms with Gasteiger partial charge in [-0.15, -0.1) is 0 Å². The van der Waals surface area contributed by atoms with Gasteiger partial charge in [-0.2, -0.15) is 0 Å². The van der Waals surface area contributed by atoms with Crippen molar-refractivity contribution in [1.29, 1.82) is 0 Å². The number of para-hydroxylation sites is 1. The number of rotatable bonds is 5. The van der Waals surface area contributed by atoms with Crippen molar-refractivity contribution in [2.45, 2.75) is 26.3 Å². The van der Waals surface area contributed by atoms with Gasteiger partial charge in [0, 0.05) is 11.7 Å². The van der Waals surface area contributed by atoms with Crippen LogP contribution in [-0.2, 0) is 11.2 Å². The zero-order valence-electron chi connectivity index (χ0n) is 15.7. The third kappa shape index (κ3) is 4.39. The van der Waals surface area contributed by atoms with E-state index in [1.54, 1.807) is 24.3 Å². The highest BCUT2D eigenvalue weighted by atomic mass is 16.5. The third-order valence-corrected chi connectivity index (χ3v) is 4.38. The van der Waals surface area contributed by atoms with Gasteiger partial charge in [0.15, 0.2) is 0 Å². The van der Waals surface area contributed by atoms with Gasteiger partial charge in [-0.25, -0.2) is 0 Å². The Morgan fingerprint density at radius 1 is 1.19 bits per heavy atom. The van der Waals surface area contributed by atoms with Gasteiger partial charge >= 0.3 is 0 Å². The molecule has 0 unspecified atom stereocenters. The second-order valence-corrected chi connectivity index (χ2v) is 6.85. The fraction of sp³-hybridized carbons (Fsp3) is 0.333. The maximum atomic E-state index is 12.6. The maximum absolute atomic E-state index is 12.6. The van der Waals surface area contributed by atoms with Crippen molar-refractivity contribution < 1.29 is 19.1 Å². The van der Waals surface area contributed by atoms with Crippen LogP contribution < -0.4 is 20.1 Å². The molecular weight excluding hydrogens is 344 g/mol. The van der Waals surface area contributed by atoms with Crippen molar-refractivity contribution in [2.75, 3.05) is 19.0 Å². The van der Waals surface area contributed by atoms with Crippen LogP contribution in [0.3, 0.4) is 0 Å². The molecule has 6 nitrogen and oxygen atoms in total. The third-order valence-electron chi connectivity index (χ3n) is 4.38. The standard InChI is InChI=1S/C21H24N2O4/c1-13(2)22-20(24)15-10-14-11-16(8-9-18(14)27-12-15)23-21(25)17-6-4-5-7-19(17)26-3/h4-9,11,13,15H,10,12H2,1-3H3,(H,22,24)(H,23,25)/t15-/m1/s1. The van der Waals surface area contributed by atoms with Crippen molar-refractivity contribution in [3.63, 3.8) is 0 Å². The molecule has 2 N–H and O–H groups in total. The molecule has 142 valence electrons. The van der Waals surface area contributed by atoms with Crippen molar-refractivity contribution >= 4 is 17.5 Å². The smallest absolute Gasteiger partial charge is 0.259 e. The summed E-state index contributed by atoms with van der Waals surface area (Å²) in [6.07, 6.45) is 0.576. The Morgan fingerprint density at radius 3 is 2.70 bits per heavy atom. The molecule has 2 amide bonds. The van der Waals surface area contributed by atoms with Crippen LogP contribution in [0.2, 0.25) is 0 Å². The number of carbonyl (C=O) groups is 2. The van der Waals surface area contributed by atoms with Gasteiger partial charge in [-0.05, 0) is 56.2 Å². The summed E-state index contributed by atoms with van der Waals surface area (Å²) in [6, 6.07) is 12.6. The van der Waals surface area contributed by atoms with Gasteiger partial charge in [0.2, 0.25) is 5.91 Å². The second kappa shape index (κ2) is 8.12. The van der Waals surface area contributed by atoms with Crippen LogP contribution in [-0.4, -0.2) is 31.6 Å². The van der Waals surface area contributed by atoms with Gasteiger partial charge in [0.05, 0.1) is 18.6 Å². The Bertz CT molecular complexity index is 848. The van der Waals surface area contributed by atoms with Crippen molar-refractivity contribution in [2.24, 2.45) is 5.92 Å². The van der Waals surface area contributed by atoms with E-state index >= 15 is 0 Å². The van der Waals surface area contributed by atoms with Crippen LogP contribution in [0, 0.1) is 5.92 Å². The summed E-state index contributed by atoms with van der Waals surface area (Å²) in [6.45, 7) is 4.22. The average Bonchev–Trinajstić information content (AvgIpc) is 2.66. The molecule has 0 radical (unpaired) electrons. The molecule has 6 heteroatoms. The minimum atomic E-state index is -0.252. The zero-order chi connectivity index (χ0) is 19.4. The van der Waals surface area contributed by atoms with E-state index in [1.165, 1.54) is 7.11 Å². The van der Waals surface area contributed by atoms with E-state index in [-0.39, 0.29) is 23.8 Å². The quantitative estimate of drug-likeness (QED) is 0.851. The first-order valence-corrected chi connectivity index (χ1v) is 8.98. The van der Waals surface area contributed by atoms with Crippen molar-refractivity contribution in [1.82, 2.24) is 5.32 Å². The number of amides is 2. The fourth-order valence-corrected chi connectivity index (χ4v) is 3.07.